The van der Waals surface area contributed by atoms with Crippen molar-refractivity contribution >= 4 is 27.4 Å². The molecule has 0 aliphatic carbocycles. The summed E-state index contributed by atoms with van der Waals surface area (Å²) in [6.45, 7) is 1.13. The Kier molecular flexibility index (Phi) is 4.38. The number of hydrogen-bond acceptors (Lipinski definition) is 5. The summed E-state index contributed by atoms with van der Waals surface area (Å²) in [4.78, 5) is 10.6. The highest BCUT2D eigenvalue weighted by Gasteiger charge is 2.12. The van der Waals surface area contributed by atoms with Crippen molar-refractivity contribution < 1.29 is 13.5 Å². The van der Waals surface area contributed by atoms with Crippen molar-refractivity contribution in [1.29, 1.82) is 0 Å². The van der Waals surface area contributed by atoms with Gasteiger partial charge in [0.05, 0.1) is 11.4 Å². The number of fused-ring (bicyclic) bond motifs is 1. The molecule has 0 radical (unpaired) electrons. The molecule has 4 nitrogen and oxygen atoms in total. The lowest BCUT2D eigenvalue weighted by molar-refractivity contribution is -0.0498. The summed E-state index contributed by atoms with van der Waals surface area (Å²) in [6, 6.07) is 8.57. The molecule has 3 rings (SSSR count). The van der Waals surface area contributed by atoms with Crippen molar-refractivity contribution in [2.75, 3.05) is 5.32 Å². The topological polar surface area (TPSA) is 47.0 Å². The van der Waals surface area contributed by atoms with Crippen molar-refractivity contribution in [3.8, 4) is 5.75 Å². The van der Waals surface area contributed by atoms with Gasteiger partial charge in [-0.3, -0.25) is 0 Å². The molecule has 1 unspecified atom stereocenters. The molecular formula is C16H15F2N3OS. The third-order valence-corrected chi connectivity index (χ3v) is 4.35. The minimum atomic E-state index is -2.83. The summed E-state index contributed by atoms with van der Waals surface area (Å²) in [5, 5.41) is 4.27. The molecule has 1 N–H and O–H groups in total. The summed E-state index contributed by atoms with van der Waals surface area (Å²) < 4.78 is 29.1. The molecule has 0 saturated heterocycles. The van der Waals surface area contributed by atoms with Crippen molar-refractivity contribution in [3.63, 3.8) is 0 Å². The van der Waals surface area contributed by atoms with Gasteiger partial charge >= 0.3 is 6.61 Å². The lowest BCUT2D eigenvalue weighted by Crippen LogP contribution is -2.09. The molecule has 3 aromatic rings. The van der Waals surface area contributed by atoms with Crippen LogP contribution in [0.4, 0.5) is 14.6 Å². The largest absolute Gasteiger partial charge is 0.435 e. The number of anilines is 1. The van der Waals surface area contributed by atoms with E-state index in [-0.39, 0.29) is 11.8 Å². The van der Waals surface area contributed by atoms with Gasteiger partial charge in [-0.15, -0.1) is 11.3 Å². The molecule has 0 amide bonds. The second kappa shape index (κ2) is 6.45. The number of ether oxygens (including phenoxy) is 1. The molecule has 0 bridgehead atoms. The summed E-state index contributed by atoms with van der Waals surface area (Å²) in [5.74, 6) is 0.873. The van der Waals surface area contributed by atoms with Crippen LogP contribution in [0.5, 0.6) is 5.75 Å². The third-order valence-electron chi connectivity index (χ3n) is 3.39. The number of hydrogen-bond donors (Lipinski definition) is 1. The second-order valence-corrected chi connectivity index (χ2v) is 6.35. The Morgan fingerprint density at radius 3 is 2.83 bits per heavy atom. The Morgan fingerprint density at radius 1 is 1.22 bits per heavy atom. The maximum atomic E-state index is 12.3. The van der Waals surface area contributed by atoms with Crippen LogP contribution in [0, 0.1) is 6.92 Å². The number of nitrogens with one attached hydrogen (secondary N) is 1. The van der Waals surface area contributed by atoms with Gasteiger partial charge in [0, 0.05) is 4.88 Å². The van der Waals surface area contributed by atoms with E-state index >= 15 is 0 Å². The molecule has 0 aliphatic rings. The van der Waals surface area contributed by atoms with Gasteiger partial charge in [0.25, 0.3) is 0 Å². The Morgan fingerprint density at radius 2 is 2.04 bits per heavy atom. The van der Waals surface area contributed by atoms with E-state index in [4.69, 9.17) is 0 Å². The number of halogens is 2. The van der Waals surface area contributed by atoms with E-state index in [2.05, 4.69) is 20.0 Å². The van der Waals surface area contributed by atoms with Gasteiger partial charge in [-0.05, 0) is 37.6 Å². The van der Waals surface area contributed by atoms with Crippen LogP contribution in [-0.2, 0) is 0 Å². The van der Waals surface area contributed by atoms with Crippen LogP contribution in [0.25, 0.3) is 10.2 Å². The fraction of sp³-hybridized carbons (Fsp3) is 0.250. The normalized spacial score (nSPS) is 12.6. The molecule has 0 spiro atoms. The van der Waals surface area contributed by atoms with Crippen LogP contribution in [0.1, 0.15) is 23.4 Å². The third kappa shape index (κ3) is 3.56. The van der Waals surface area contributed by atoms with E-state index in [9.17, 15) is 8.78 Å². The molecule has 0 aliphatic heterocycles. The molecule has 2 heterocycles. The molecule has 0 saturated carbocycles. The lowest BCUT2D eigenvalue weighted by atomic mass is 10.1. The fourth-order valence-electron chi connectivity index (χ4n) is 2.34. The average Bonchev–Trinajstić information content (AvgIpc) is 2.88. The minimum absolute atomic E-state index is 0.116. The first-order chi connectivity index (χ1) is 11.0. The predicted octanol–water partition coefficient (Wildman–Crippen LogP) is 4.77. The SMILES string of the molecule is Cc1cc2c(NC(C)c3cccc(OC(F)F)c3)ncnc2s1. The van der Waals surface area contributed by atoms with Crippen LogP contribution in [-0.4, -0.2) is 16.6 Å². The molecule has 1 aromatic carbocycles. The number of benzene rings is 1. The summed E-state index contributed by atoms with van der Waals surface area (Å²) in [6.07, 6.45) is 1.52. The lowest BCUT2D eigenvalue weighted by Gasteiger charge is -2.16. The summed E-state index contributed by atoms with van der Waals surface area (Å²) in [5.41, 5.74) is 0.835. The molecule has 120 valence electrons. The van der Waals surface area contributed by atoms with E-state index in [0.717, 1.165) is 26.5 Å². The molecule has 23 heavy (non-hydrogen) atoms. The van der Waals surface area contributed by atoms with Crippen molar-refractivity contribution in [2.45, 2.75) is 26.5 Å². The number of rotatable bonds is 5. The Hall–Kier alpha value is -2.28. The maximum absolute atomic E-state index is 12.3. The fourth-order valence-corrected chi connectivity index (χ4v) is 3.19. The van der Waals surface area contributed by atoms with Gasteiger partial charge < -0.3 is 10.1 Å². The van der Waals surface area contributed by atoms with Gasteiger partial charge in [0.1, 0.15) is 22.7 Å². The molecular weight excluding hydrogens is 320 g/mol. The van der Waals surface area contributed by atoms with Crippen molar-refractivity contribution in [2.24, 2.45) is 0 Å². The first kappa shape index (κ1) is 15.6. The second-order valence-electron chi connectivity index (χ2n) is 5.12. The van der Waals surface area contributed by atoms with Crippen LogP contribution in [0.15, 0.2) is 36.7 Å². The van der Waals surface area contributed by atoms with Crippen molar-refractivity contribution in [1.82, 2.24) is 9.97 Å². The van der Waals surface area contributed by atoms with Gasteiger partial charge in [-0.1, -0.05) is 12.1 Å². The first-order valence-electron chi connectivity index (χ1n) is 7.05. The highest BCUT2D eigenvalue weighted by molar-refractivity contribution is 7.18. The van der Waals surface area contributed by atoms with Gasteiger partial charge in [-0.2, -0.15) is 8.78 Å². The molecule has 1 atom stereocenters. The quantitative estimate of drug-likeness (QED) is 0.729. The number of aromatic nitrogens is 2. The molecule has 0 fully saturated rings. The highest BCUT2D eigenvalue weighted by atomic mass is 32.1. The zero-order chi connectivity index (χ0) is 16.4. The monoisotopic (exact) mass is 335 g/mol. The Balaban J connectivity index is 1.84. The number of alkyl halides is 2. The predicted molar refractivity (Wildman–Crippen MR) is 87.3 cm³/mol. The van der Waals surface area contributed by atoms with Crippen LogP contribution in [0.3, 0.4) is 0 Å². The first-order valence-corrected chi connectivity index (χ1v) is 7.87. The van der Waals surface area contributed by atoms with E-state index in [1.54, 1.807) is 23.5 Å². The number of thiophene rings is 1. The van der Waals surface area contributed by atoms with Crippen LogP contribution >= 0.6 is 11.3 Å². The molecule has 7 heteroatoms. The van der Waals surface area contributed by atoms with Crippen molar-refractivity contribution in [3.05, 3.63) is 47.1 Å². The van der Waals surface area contributed by atoms with E-state index in [0.29, 0.717) is 0 Å². The standard InChI is InChI=1S/C16H15F2N3OS/c1-9-6-13-14(19-8-20-15(13)23-9)21-10(2)11-4-3-5-12(7-11)22-16(17)18/h3-8,10,16H,1-2H3,(H,19,20,21). The zero-order valence-electron chi connectivity index (χ0n) is 12.6. The van der Waals surface area contributed by atoms with Gasteiger partial charge in [-0.25, -0.2) is 9.97 Å². The average molecular weight is 335 g/mol. The van der Waals surface area contributed by atoms with Crippen LogP contribution in [0.2, 0.25) is 0 Å². The summed E-state index contributed by atoms with van der Waals surface area (Å²) in [7, 11) is 0. The zero-order valence-corrected chi connectivity index (χ0v) is 13.4. The van der Waals surface area contributed by atoms with E-state index in [1.165, 1.54) is 12.4 Å². The smallest absolute Gasteiger partial charge is 0.387 e. The number of aryl methyl sites for hydroxylation is 1. The Labute approximate surface area is 136 Å². The number of nitrogens with zero attached hydrogens (tertiary/aromatic N) is 2. The molecule has 2 aromatic heterocycles. The minimum Gasteiger partial charge on any atom is -0.435 e. The highest BCUT2D eigenvalue weighted by Crippen LogP contribution is 2.30. The van der Waals surface area contributed by atoms with Crippen LogP contribution < -0.4 is 10.1 Å². The van der Waals surface area contributed by atoms with E-state index in [1.807, 2.05) is 26.0 Å². The van der Waals surface area contributed by atoms with E-state index < -0.39 is 6.61 Å². The van der Waals surface area contributed by atoms with Gasteiger partial charge in [0.2, 0.25) is 0 Å². The van der Waals surface area contributed by atoms with Gasteiger partial charge in [0.15, 0.2) is 0 Å². The maximum Gasteiger partial charge on any atom is 0.387 e. The Bertz CT molecular complexity index is 822. The summed E-state index contributed by atoms with van der Waals surface area (Å²) >= 11 is 1.60.